The van der Waals surface area contributed by atoms with Gasteiger partial charge in [-0.2, -0.15) is 0 Å². The Morgan fingerprint density at radius 3 is 2.48 bits per heavy atom. The van der Waals surface area contributed by atoms with Crippen molar-refractivity contribution >= 4 is 28.0 Å². The molecule has 0 spiro atoms. The molecular weight excluding hydrogens is 344 g/mol. The molecule has 25 heavy (non-hydrogen) atoms. The number of rotatable bonds is 5. The van der Waals surface area contributed by atoms with Crippen LogP contribution < -0.4 is 4.72 Å². The van der Waals surface area contributed by atoms with Gasteiger partial charge in [-0.05, 0) is 50.2 Å². The van der Waals surface area contributed by atoms with Crippen LogP contribution in [0, 0.1) is 0 Å². The minimum atomic E-state index is -3.58. The average Bonchev–Trinajstić information content (AvgIpc) is 3.17. The maximum absolute atomic E-state index is 12.1. The number of carbonyl (C=O) groups is 1. The van der Waals surface area contributed by atoms with Crippen molar-refractivity contribution in [2.75, 3.05) is 0 Å². The smallest absolute Gasteiger partial charge is 0.363 e. The lowest BCUT2D eigenvalue weighted by molar-refractivity contribution is -0.129. The fraction of sp³-hybridized carbons (Fsp3) is 0.176. The lowest BCUT2D eigenvalue weighted by Crippen LogP contribution is -2.30. The molecule has 1 N–H and O–H groups in total. The van der Waals surface area contributed by atoms with Crippen LogP contribution in [-0.2, 0) is 19.6 Å². The van der Waals surface area contributed by atoms with E-state index in [4.69, 9.17) is 9.15 Å². The van der Waals surface area contributed by atoms with E-state index in [0.29, 0.717) is 11.3 Å². The second-order valence-electron chi connectivity index (χ2n) is 5.65. The standard InChI is InChI=1S/C17H16N2O5S/c1-11(2)19-25(21,22)14-7-5-12(6-8-14)16-18-15(17(20)24-16)10-13-4-3-9-23-13/h3-11,19H,1-2H3. The molecule has 1 aromatic carbocycles. The fourth-order valence-electron chi connectivity index (χ4n) is 2.20. The van der Waals surface area contributed by atoms with E-state index < -0.39 is 16.0 Å². The van der Waals surface area contributed by atoms with Gasteiger partial charge in [0.05, 0.1) is 11.2 Å². The summed E-state index contributed by atoms with van der Waals surface area (Å²) in [5, 5.41) is 0. The zero-order chi connectivity index (χ0) is 18.0. The minimum absolute atomic E-state index is 0.114. The molecule has 0 unspecified atom stereocenters. The largest absolute Gasteiger partial charge is 0.465 e. The highest BCUT2D eigenvalue weighted by Crippen LogP contribution is 2.20. The average molecular weight is 360 g/mol. The van der Waals surface area contributed by atoms with Crippen molar-refractivity contribution in [1.82, 2.24) is 4.72 Å². The first-order valence-corrected chi connectivity index (χ1v) is 9.02. The molecule has 1 aliphatic heterocycles. The van der Waals surface area contributed by atoms with Crippen molar-refractivity contribution in [3.05, 3.63) is 59.7 Å². The quantitative estimate of drug-likeness (QED) is 0.652. The van der Waals surface area contributed by atoms with Crippen molar-refractivity contribution in [2.24, 2.45) is 4.99 Å². The van der Waals surface area contributed by atoms with Crippen LogP contribution in [0.2, 0.25) is 0 Å². The van der Waals surface area contributed by atoms with Crippen LogP contribution in [0.1, 0.15) is 25.2 Å². The molecule has 0 fully saturated rings. The summed E-state index contributed by atoms with van der Waals surface area (Å²) in [5.41, 5.74) is 0.614. The van der Waals surface area contributed by atoms with Crippen LogP contribution in [0.5, 0.6) is 0 Å². The monoisotopic (exact) mass is 360 g/mol. The highest BCUT2D eigenvalue weighted by Gasteiger charge is 2.25. The molecule has 8 heteroatoms. The molecule has 130 valence electrons. The van der Waals surface area contributed by atoms with Gasteiger partial charge < -0.3 is 9.15 Å². The SMILES string of the molecule is CC(C)NS(=O)(=O)c1ccc(C2=NC(=Cc3ccco3)C(=O)O2)cc1. The normalized spacial score (nSPS) is 16.4. The Balaban J connectivity index is 1.85. The summed E-state index contributed by atoms with van der Waals surface area (Å²) in [6.45, 7) is 3.48. The van der Waals surface area contributed by atoms with Crippen LogP contribution in [0.3, 0.4) is 0 Å². The van der Waals surface area contributed by atoms with Gasteiger partial charge in [-0.25, -0.2) is 22.9 Å². The summed E-state index contributed by atoms with van der Waals surface area (Å²) in [6.07, 6.45) is 2.96. The van der Waals surface area contributed by atoms with Gasteiger partial charge in [-0.3, -0.25) is 0 Å². The Hall–Kier alpha value is -2.71. The molecule has 0 amide bonds. The van der Waals surface area contributed by atoms with E-state index in [9.17, 15) is 13.2 Å². The lowest BCUT2D eigenvalue weighted by Gasteiger charge is -2.09. The molecular formula is C17H16N2O5S. The topological polar surface area (TPSA) is 98.0 Å². The highest BCUT2D eigenvalue weighted by molar-refractivity contribution is 7.89. The molecule has 0 radical (unpaired) electrons. The van der Waals surface area contributed by atoms with Gasteiger partial charge >= 0.3 is 5.97 Å². The minimum Gasteiger partial charge on any atom is -0.465 e. The summed E-state index contributed by atoms with van der Waals surface area (Å²) in [6, 6.07) is 9.12. The zero-order valence-electron chi connectivity index (χ0n) is 13.6. The number of hydrogen-bond acceptors (Lipinski definition) is 6. The molecule has 0 saturated carbocycles. The van der Waals surface area contributed by atoms with Gasteiger partial charge in [0.25, 0.3) is 0 Å². The number of cyclic esters (lactones) is 1. The number of ether oxygens (including phenoxy) is 1. The third kappa shape index (κ3) is 3.86. The summed E-state index contributed by atoms with van der Waals surface area (Å²) in [7, 11) is -3.58. The van der Waals surface area contributed by atoms with Crippen molar-refractivity contribution in [3.8, 4) is 0 Å². The van der Waals surface area contributed by atoms with E-state index >= 15 is 0 Å². The molecule has 7 nitrogen and oxygen atoms in total. The third-order valence-electron chi connectivity index (χ3n) is 3.25. The van der Waals surface area contributed by atoms with Crippen molar-refractivity contribution < 1.29 is 22.4 Å². The molecule has 0 aliphatic carbocycles. The fourth-order valence-corrected chi connectivity index (χ4v) is 3.45. The molecule has 2 aromatic rings. The third-order valence-corrected chi connectivity index (χ3v) is 4.92. The molecule has 1 aromatic heterocycles. The summed E-state index contributed by atoms with van der Waals surface area (Å²) < 4.78 is 37.0. The second kappa shape index (κ2) is 6.66. The van der Waals surface area contributed by atoms with Gasteiger partial charge in [-0.15, -0.1) is 0 Å². The van der Waals surface area contributed by atoms with E-state index in [1.807, 2.05) is 0 Å². The van der Waals surface area contributed by atoms with Crippen molar-refractivity contribution in [3.63, 3.8) is 0 Å². The van der Waals surface area contributed by atoms with Crippen molar-refractivity contribution in [1.29, 1.82) is 0 Å². The number of nitrogens with zero attached hydrogens (tertiary/aromatic N) is 1. The highest BCUT2D eigenvalue weighted by atomic mass is 32.2. The Morgan fingerprint density at radius 2 is 1.88 bits per heavy atom. The zero-order valence-corrected chi connectivity index (χ0v) is 14.4. The van der Waals surface area contributed by atoms with Crippen LogP contribution in [0.4, 0.5) is 0 Å². The number of furan rings is 1. The Labute approximate surface area is 145 Å². The number of benzene rings is 1. The van der Waals surface area contributed by atoms with Gasteiger partial charge in [0.15, 0.2) is 5.70 Å². The van der Waals surface area contributed by atoms with E-state index in [2.05, 4.69) is 9.71 Å². The molecule has 0 saturated heterocycles. The molecule has 0 atom stereocenters. The predicted molar refractivity (Wildman–Crippen MR) is 91.2 cm³/mol. The van der Waals surface area contributed by atoms with Crippen LogP contribution in [0.25, 0.3) is 6.08 Å². The van der Waals surface area contributed by atoms with Crippen LogP contribution in [0.15, 0.2) is 62.7 Å². The summed E-state index contributed by atoms with van der Waals surface area (Å²) >= 11 is 0. The molecule has 0 bridgehead atoms. The number of hydrogen-bond donors (Lipinski definition) is 1. The molecule has 1 aliphatic rings. The van der Waals surface area contributed by atoms with Gasteiger partial charge in [0, 0.05) is 17.7 Å². The number of aliphatic imine (C=N–C) groups is 1. The maximum Gasteiger partial charge on any atom is 0.363 e. The summed E-state index contributed by atoms with van der Waals surface area (Å²) in [4.78, 5) is 16.1. The van der Waals surface area contributed by atoms with E-state index in [-0.39, 0.29) is 22.5 Å². The van der Waals surface area contributed by atoms with E-state index in [1.165, 1.54) is 36.6 Å². The number of sulfonamides is 1. The first-order valence-electron chi connectivity index (χ1n) is 7.54. The van der Waals surface area contributed by atoms with E-state index in [1.54, 1.807) is 26.0 Å². The first-order chi connectivity index (χ1) is 11.8. The van der Waals surface area contributed by atoms with Crippen molar-refractivity contribution in [2.45, 2.75) is 24.8 Å². The number of esters is 1. The number of nitrogens with one attached hydrogen (secondary N) is 1. The second-order valence-corrected chi connectivity index (χ2v) is 7.37. The first kappa shape index (κ1) is 17.1. The van der Waals surface area contributed by atoms with Gasteiger partial charge in [0.1, 0.15) is 5.76 Å². The lowest BCUT2D eigenvalue weighted by atomic mass is 10.2. The Bertz CT molecular complexity index is 939. The van der Waals surface area contributed by atoms with Crippen LogP contribution >= 0.6 is 0 Å². The van der Waals surface area contributed by atoms with Crippen LogP contribution in [-0.4, -0.2) is 26.3 Å². The van der Waals surface area contributed by atoms with Gasteiger partial charge in [0.2, 0.25) is 15.9 Å². The molecule has 2 heterocycles. The molecule has 3 rings (SSSR count). The number of carbonyl (C=O) groups excluding carboxylic acids is 1. The van der Waals surface area contributed by atoms with E-state index in [0.717, 1.165) is 0 Å². The maximum atomic E-state index is 12.1. The Kier molecular flexibility index (Phi) is 4.56. The summed E-state index contributed by atoms with van der Waals surface area (Å²) in [5.74, 6) is 0.00583. The van der Waals surface area contributed by atoms with Gasteiger partial charge in [-0.1, -0.05) is 0 Å². The Morgan fingerprint density at radius 1 is 1.16 bits per heavy atom. The predicted octanol–water partition coefficient (Wildman–Crippen LogP) is 2.31.